The first-order valence-corrected chi connectivity index (χ1v) is 10.5. The number of halogens is 1. The number of anilines is 1. The Labute approximate surface area is 183 Å². The second kappa shape index (κ2) is 11.9. The number of nitrogens with two attached hydrogens (primary N) is 1. The lowest BCUT2D eigenvalue weighted by Crippen LogP contribution is -2.49. The summed E-state index contributed by atoms with van der Waals surface area (Å²) in [7, 11) is 0. The lowest BCUT2D eigenvalue weighted by molar-refractivity contribution is -0.113. The average molecular weight is 436 g/mol. The minimum atomic E-state index is -0.397. The van der Waals surface area contributed by atoms with Crippen molar-refractivity contribution in [3.63, 3.8) is 0 Å². The number of rotatable bonds is 9. The van der Waals surface area contributed by atoms with E-state index in [-0.39, 0.29) is 30.0 Å². The van der Waals surface area contributed by atoms with Crippen LogP contribution in [0, 0.1) is 6.92 Å². The molecule has 0 radical (unpaired) electrons. The SMILES string of the molecule is CCC(N)(CC)CNC(=O)c1ccccc1SCC(=O)Nc1ccc(C)cc1.Cl. The van der Waals surface area contributed by atoms with Gasteiger partial charge in [0.15, 0.2) is 0 Å². The number of hydrogen-bond donors (Lipinski definition) is 3. The van der Waals surface area contributed by atoms with Crippen molar-refractivity contribution in [1.29, 1.82) is 0 Å². The van der Waals surface area contributed by atoms with Gasteiger partial charge in [0.2, 0.25) is 5.91 Å². The van der Waals surface area contributed by atoms with E-state index in [2.05, 4.69) is 10.6 Å². The number of hydrogen-bond acceptors (Lipinski definition) is 4. The van der Waals surface area contributed by atoms with Gasteiger partial charge in [0, 0.05) is 22.7 Å². The molecule has 0 fully saturated rings. The van der Waals surface area contributed by atoms with Gasteiger partial charge in [-0.3, -0.25) is 9.59 Å². The van der Waals surface area contributed by atoms with Crippen LogP contribution < -0.4 is 16.4 Å². The van der Waals surface area contributed by atoms with Crippen molar-refractivity contribution >= 4 is 41.7 Å². The van der Waals surface area contributed by atoms with E-state index < -0.39 is 5.54 Å². The van der Waals surface area contributed by atoms with Gasteiger partial charge >= 0.3 is 0 Å². The molecule has 0 saturated carbocycles. The summed E-state index contributed by atoms with van der Waals surface area (Å²) >= 11 is 1.35. The Kier molecular flexibility index (Phi) is 10.2. The molecule has 2 aromatic carbocycles. The maximum absolute atomic E-state index is 12.6. The molecule has 0 heterocycles. The Morgan fingerprint density at radius 3 is 2.28 bits per heavy atom. The van der Waals surface area contributed by atoms with E-state index >= 15 is 0 Å². The average Bonchev–Trinajstić information content (AvgIpc) is 2.72. The highest BCUT2D eigenvalue weighted by Crippen LogP contribution is 2.23. The van der Waals surface area contributed by atoms with Crippen molar-refractivity contribution in [3.05, 3.63) is 59.7 Å². The van der Waals surface area contributed by atoms with Gasteiger partial charge in [-0.25, -0.2) is 0 Å². The third-order valence-electron chi connectivity index (χ3n) is 4.84. The van der Waals surface area contributed by atoms with Gasteiger partial charge in [0.1, 0.15) is 0 Å². The standard InChI is InChI=1S/C22H29N3O2S.ClH/c1-4-22(23,5-2)15-24-21(27)18-8-6-7-9-19(18)28-14-20(26)25-17-12-10-16(3)11-13-17;/h6-13H,4-5,14-15,23H2,1-3H3,(H,24,27)(H,25,26);1H. The Balaban J connectivity index is 0.00000420. The minimum Gasteiger partial charge on any atom is -0.350 e. The molecular formula is C22H30ClN3O2S. The predicted molar refractivity (Wildman–Crippen MR) is 124 cm³/mol. The molecule has 158 valence electrons. The summed E-state index contributed by atoms with van der Waals surface area (Å²) in [5.41, 5.74) is 8.34. The van der Waals surface area contributed by atoms with E-state index in [9.17, 15) is 9.59 Å². The van der Waals surface area contributed by atoms with Crippen molar-refractivity contribution in [2.75, 3.05) is 17.6 Å². The van der Waals surface area contributed by atoms with Crippen molar-refractivity contribution in [2.45, 2.75) is 44.0 Å². The fraction of sp³-hybridized carbons (Fsp3) is 0.364. The maximum Gasteiger partial charge on any atom is 0.252 e. The molecule has 29 heavy (non-hydrogen) atoms. The lowest BCUT2D eigenvalue weighted by atomic mass is 9.94. The number of benzene rings is 2. The van der Waals surface area contributed by atoms with E-state index in [0.29, 0.717) is 12.1 Å². The molecule has 0 aliphatic carbocycles. The summed E-state index contributed by atoms with van der Waals surface area (Å²) in [5.74, 6) is -0.0519. The molecule has 4 N–H and O–H groups in total. The predicted octanol–water partition coefficient (Wildman–Crippen LogP) is 4.39. The first-order chi connectivity index (χ1) is 13.4. The van der Waals surface area contributed by atoms with Gasteiger partial charge in [-0.05, 0) is 44.0 Å². The minimum absolute atomic E-state index is 0. The van der Waals surface area contributed by atoms with Gasteiger partial charge in [-0.2, -0.15) is 0 Å². The first-order valence-electron chi connectivity index (χ1n) is 9.52. The summed E-state index contributed by atoms with van der Waals surface area (Å²) in [5, 5.41) is 5.81. The maximum atomic E-state index is 12.6. The molecular weight excluding hydrogens is 406 g/mol. The molecule has 0 unspecified atom stereocenters. The number of aryl methyl sites for hydroxylation is 1. The highest BCUT2D eigenvalue weighted by atomic mass is 35.5. The summed E-state index contributed by atoms with van der Waals surface area (Å²) in [4.78, 5) is 25.6. The number of nitrogens with one attached hydrogen (secondary N) is 2. The molecule has 2 aromatic rings. The fourth-order valence-corrected chi connectivity index (χ4v) is 3.46. The molecule has 0 aliphatic rings. The summed E-state index contributed by atoms with van der Waals surface area (Å²) in [6, 6.07) is 15.0. The van der Waals surface area contributed by atoms with Gasteiger partial charge in [-0.1, -0.05) is 43.7 Å². The number of amides is 2. The van der Waals surface area contributed by atoms with Crippen LogP contribution >= 0.6 is 24.2 Å². The van der Waals surface area contributed by atoms with Crippen molar-refractivity contribution in [1.82, 2.24) is 5.32 Å². The Morgan fingerprint density at radius 1 is 1.03 bits per heavy atom. The third kappa shape index (κ3) is 7.72. The van der Waals surface area contributed by atoms with Gasteiger partial charge in [0.25, 0.3) is 5.91 Å². The smallest absolute Gasteiger partial charge is 0.252 e. The number of carbonyl (C=O) groups excluding carboxylic acids is 2. The topological polar surface area (TPSA) is 84.2 Å². The zero-order valence-electron chi connectivity index (χ0n) is 17.2. The van der Waals surface area contributed by atoms with Crippen molar-refractivity contribution < 1.29 is 9.59 Å². The first kappa shape index (κ1) is 25.0. The zero-order valence-corrected chi connectivity index (χ0v) is 18.8. The van der Waals surface area contributed by atoms with Crippen molar-refractivity contribution in [3.8, 4) is 0 Å². The summed E-state index contributed by atoms with van der Waals surface area (Å²) in [6.07, 6.45) is 1.58. The van der Waals surface area contributed by atoms with Gasteiger partial charge in [0.05, 0.1) is 11.3 Å². The summed E-state index contributed by atoms with van der Waals surface area (Å²) < 4.78 is 0. The molecule has 5 nitrogen and oxygen atoms in total. The lowest BCUT2D eigenvalue weighted by Gasteiger charge is -2.27. The zero-order chi connectivity index (χ0) is 20.6. The number of carbonyl (C=O) groups is 2. The molecule has 0 spiro atoms. The van der Waals surface area contributed by atoms with E-state index in [0.717, 1.165) is 29.0 Å². The van der Waals surface area contributed by atoms with Gasteiger partial charge in [-0.15, -0.1) is 24.2 Å². The molecule has 0 aromatic heterocycles. The van der Waals surface area contributed by atoms with Crippen LogP contribution in [-0.2, 0) is 4.79 Å². The molecule has 0 aliphatic heterocycles. The second-order valence-corrected chi connectivity index (χ2v) is 7.97. The van der Waals surface area contributed by atoms with Crippen LogP contribution in [0.15, 0.2) is 53.4 Å². The van der Waals surface area contributed by atoms with Crippen LogP contribution in [0.1, 0.15) is 42.6 Å². The largest absolute Gasteiger partial charge is 0.350 e. The highest BCUT2D eigenvalue weighted by molar-refractivity contribution is 8.00. The normalized spacial score (nSPS) is 10.8. The molecule has 0 atom stereocenters. The second-order valence-electron chi connectivity index (χ2n) is 6.95. The van der Waals surface area contributed by atoms with Crippen LogP contribution in [0.3, 0.4) is 0 Å². The highest BCUT2D eigenvalue weighted by Gasteiger charge is 2.22. The van der Waals surface area contributed by atoms with Crippen LogP contribution in [0.4, 0.5) is 5.69 Å². The van der Waals surface area contributed by atoms with Crippen LogP contribution in [0.25, 0.3) is 0 Å². The molecule has 2 rings (SSSR count). The molecule has 2 amide bonds. The fourth-order valence-electron chi connectivity index (χ4n) is 2.61. The number of thioether (sulfide) groups is 1. The van der Waals surface area contributed by atoms with E-state index in [1.807, 2.05) is 63.2 Å². The Bertz CT molecular complexity index is 808. The monoisotopic (exact) mass is 435 g/mol. The third-order valence-corrected chi connectivity index (χ3v) is 5.91. The Morgan fingerprint density at radius 2 is 1.66 bits per heavy atom. The Hall–Kier alpha value is -2.02. The van der Waals surface area contributed by atoms with E-state index in [1.165, 1.54) is 11.8 Å². The summed E-state index contributed by atoms with van der Waals surface area (Å²) in [6.45, 7) is 6.46. The van der Waals surface area contributed by atoms with Gasteiger partial charge < -0.3 is 16.4 Å². The quantitative estimate of drug-likeness (QED) is 0.510. The van der Waals surface area contributed by atoms with E-state index in [1.54, 1.807) is 6.07 Å². The molecule has 0 bridgehead atoms. The van der Waals surface area contributed by atoms with E-state index in [4.69, 9.17) is 5.73 Å². The van der Waals surface area contributed by atoms with Crippen LogP contribution in [0.2, 0.25) is 0 Å². The van der Waals surface area contributed by atoms with Crippen molar-refractivity contribution in [2.24, 2.45) is 5.73 Å². The van der Waals surface area contributed by atoms with Crippen LogP contribution in [0.5, 0.6) is 0 Å². The molecule has 7 heteroatoms. The van der Waals surface area contributed by atoms with Crippen LogP contribution in [-0.4, -0.2) is 29.7 Å². The molecule has 0 saturated heterocycles.